The summed E-state index contributed by atoms with van der Waals surface area (Å²) < 4.78 is 5.46. The zero-order valence-corrected chi connectivity index (χ0v) is 14.3. The van der Waals surface area contributed by atoms with Crippen LogP contribution in [0.3, 0.4) is 0 Å². The Morgan fingerprint density at radius 3 is 2.74 bits per heavy atom. The highest BCUT2D eigenvalue weighted by Gasteiger charge is 2.34. The molecule has 23 heavy (non-hydrogen) atoms. The number of hydrogen-bond donors (Lipinski definition) is 1. The van der Waals surface area contributed by atoms with Gasteiger partial charge in [0.1, 0.15) is 5.75 Å². The molecule has 1 aromatic rings. The zero-order chi connectivity index (χ0) is 16.2. The summed E-state index contributed by atoms with van der Waals surface area (Å²) >= 11 is 0. The highest BCUT2D eigenvalue weighted by molar-refractivity contribution is 5.79. The Morgan fingerprint density at radius 1 is 1.26 bits per heavy atom. The molecule has 4 nitrogen and oxygen atoms in total. The molecule has 1 amide bonds. The molecule has 0 aromatic heterocycles. The van der Waals surface area contributed by atoms with E-state index in [0.717, 1.165) is 38.1 Å². The number of nitrogens with zero attached hydrogens (tertiary/aromatic N) is 1. The third kappa shape index (κ3) is 3.69. The topological polar surface area (TPSA) is 41.6 Å². The van der Waals surface area contributed by atoms with Crippen LogP contribution in [-0.2, 0) is 4.79 Å². The van der Waals surface area contributed by atoms with E-state index in [2.05, 4.69) is 23.2 Å². The van der Waals surface area contributed by atoms with Gasteiger partial charge in [0.2, 0.25) is 5.91 Å². The molecule has 2 aliphatic rings. The number of para-hydroxylation sites is 1. The summed E-state index contributed by atoms with van der Waals surface area (Å²) in [5, 5.41) is 3.69. The van der Waals surface area contributed by atoms with Crippen LogP contribution in [0.4, 0.5) is 0 Å². The second kappa shape index (κ2) is 7.35. The first kappa shape index (κ1) is 16.3. The van der Waals surface area contributed by atoms with Gasteiger partial charge in [0.15, 0.2) is 0 Å². The number of likely N-dealkylation sites (tertiary alicyclic amines) is 1. The monoisotopic (exact) mass is 316 g/mol. The molecule has 3 rings (SSSR count). The minimum Gasteiger partial charge on any atom is -0.496 e. The predicted octanol–water partition coefficient (Wildman–Crippen LogP) is 3.14. The molecule has 0 radical (unpaired) electrons. The van der Waals surface area contributed by atoms with Gasteiger partial charge in [-0.25, -0.2) is 0 Å². The van der Waals surface area contributed by atoms with Gasteiger partial charge < -0.3 is 15.0 Å². The van der Waals surface area contributed by atoms with Gasteiger partial charge in [-0.3, -0.25) is 4.79 Å². The second-order valence-corrected chi connectivity index (χ2v) is 6.87. The quantitative estimate of drug-likeness (QED) is 0.907. The van der Waals surface area contributed by atoms with E-state index < -0.39 is 0 Å². The molecule has 0 bridgehead atoms. The standard InChI is InChI=1S/C19H28N2O2/c1-14(17-7-3-4-8-18(17)23-2)20-16-10-9-15(13-16)19(22)21-11-5-6-12-21/h3-4,7-8,14-16,20H,5-6,9-13H2,1-2H3/t14?,15-,16+/m1/s1. The van der Waals surface area contributed by atoms with Crippen LogP contribution >= 0.6 is 0 Å². The van der Waals surface area contributed by atoms with Crippen molar-refractivity contribution >= 4 is 5.91 Å². The van der Waals surface area contributed by atoms with Crippen molar-refractivity contribution in [1.82, 2.24) is 10.2 Å². The number of benzene rings is 1. The maximum Gasteiger partial charge on any atom is 0.225 e. The van der Waals surface area contributed by atoms with E-state index in [9.17, 15) is 4.79 Å². The lowest BCUT2D eigenvalue weighted by Crippen LogP contribution is -2.34. The van der Waals surface area contributed by atoms with Crippen LogP contribution in [0.5, 0.6) is 5.75 Å². The lowest BCUT2D eigenvalue weighted by Gasteiger charge is -2.23. The second-order valence-electron chi connectivity index (χ2n) is 6.87. The van der Waals surface area contributed by atoms with Crippen LogP contribution < -0.4 is 10.1 Å². The molecule has 3 atom stereocenters. The number of carbonyl (C=O) groups excluding carboxylic acids is 1. The average molecular weight is 316 g/mol. The van der Waals surface area contributed by atoms with Crippen molar-refractivity contribution in [2.45, 2.75) is 51.1 Å². The van der Waals surface area contributed by atoms with Gasteiger partial charge in [-0.15, -0.1) is 0 Å². The van der Waals surface area contributed by atoms with Gasteiger partial charge in [0, 0.05) is 36.7 Å². The molecule has 4 heteroatoms. The van der Waals surface area contributed by atoms with Crippen molar-refractivity contribution in [3.8, 4) is 5.75 Å². The number of methoxy groups -OCH3 is 1. The minimum absolute atomic E-state index is 0.218. The van der Waals surface area contributed by atoms with Crippen molar-refractivity contribution in [3.05, 3.63) is 29.8 Å². The van der Waals surface area contributed by atoms with E-state index in [1.54, 1.807) is 7.11 Å². The first-order valence-electron chi connectivity index (χ1n) is 8.86. The third-order valence-electron chi connectivity index (χ3n) is 5.29. The van der Waals surface area contributed by atoms with Gasteiger partial charge in [-0.1, -0.05) is 18.2 Å². The fourth-order valence-corrected chi connectivity index (χ4v) is 4.02. The molecular formula is C19H28N2O2. The van der Waals surface area contributed by atoms with E-state index in [1.165, 1.54) is 18.4 Å². The van der Waals surface area contributed by atoms with Crippen molar-refractivity contribution in [1.29, 1.82) is 0 Å². The molecule has 1 aliphatic heterocycles. The third-order valence-corrected chi connectivity index (χ3v) is 5.29. The van der Waals surface area contributed by atoms with Crippen LogP contribution in [0.25, 0.3) is 0 Å². The number of ether oxygens (including phenoxy) is 1. The Bertz CT molecular complexity index is 540. The van der Waals surface area contributed by atoms with E-state index in [1.807, 2.05) is 18.2 Å². The van der Waals surface area contributed by atoms with Gasteiger partial charge in [-0.05, 0) is 45.1 Å². The van der Waals surface area contributed by atoms with Gasteiger partial charge >= 0.3 is 0 Å². The van der Waals surface area contributed by atoms with Crippen LogP contribution in [0.15, 0.2) is 24.3 Å². The van der Waals surface area contributed by atoms with Crippen molar-refractivity contribution in [2.24, 2.45) is 5.92 Å². The highest BCUT2D eigenvalue weighted by Crippen LogP contribution is 2.31. The van der Waals surface area contributed by atoms with Crippen molar-refractivity contribution < 1.29 is 9.53 Å². The molecule has 2 fully saturated rings. The van der Waals surface area contributed by atoms with Crippen molar-refractivity contribution in [3.63, 3.8) is 0 Å². The summed E-state index contributed by atoms with van der Waals surface area (Å²) in [6, 6.07) is 8.81. The summed E-state index contributed by atoms with van der Waals surface area (Å²) in [6.45, 7) is 4.10. The molecule has 1 heterocycles. The largest absolute Gasteiger partial charge is 0.496 e. The molecule has 126 valence electrons. The summed E-state index contributed by atoms with van der Waals surface area (Å²) in [5.41, 5.74) is 1.18. The SMILES string of the molecule is COc1ccccc1C(C)N[C@H]1CC[C@@H](C(=O)N2CCCC2)C1. The number of carbonyl (C=O) groups is 1. The Hall–Kier alpha value is -1.55. The van der Waals surface area contributed by atoms with Crippen molar-refractivity contribution in [2.75, 3.05) is 20.2 Å². The molecule has 1 saturated heterocycles. The van der Waals surface area contributed by atoms with E-state index in [-0.39, 0.29) is 12.0 Å². The van der Waals surface area contributed by atoms with E-state index in [0.29, 0.717) is 11.9 Å². The maximum absolute atomic E-state index is 12.5. The Labute approximate surface area is 139 Å². The predicted molar refractivity (Wildman–Crippen MR) is 91.5 cm³/mol. The lowest BCUT2D eigenvalue weighted by atomic mass is 10.0. The summed E-state index contributed by atoms with van der Waals surface area (Å²) in [5.74, 6) is 1.53. The number of hydrogen-bond acceptors (Lipinski definition) is 3. The lowest BCUT2D eigenvalue weighted by molar-refractivity contribution is -0.134. The fourth-order valence-electron chi connectivity index (χ4n) is 4.02. The zero-order valence-electron chi connectivity index (χ0n) is 14.3. The fraction of sp³-hybridized carbons (Fsp3) is 0.632. The molecule has 1 aliphatic carbocycles. The first-order chi connectivity index (χ1) is 11.2. The maximum atomic E-state index is 12.5. The molecule has 1 aromatic carbocycles. The van der Waals surface area contributed by atoms with E-state index >= 15 is 0 Å². The van der Waals surface area contributed by atoms with Gasteiger partial charge in [0.05, 0.1) is 7.11 Å². The Morgan fingerprint density at radius 2 is 2.00 bits per heavy atom. The summed E-state index contributed by atoms with van der Waals surface area (Å²) in [7, 11) is 1.71. The normalized spacial score (nSPS) is 25.6. The van der Waals surface area contributed by atoms with Gasteiger partial charge in [-0.2, -0.15) is 0 Å². The molecule has 1 N–H and O–H groups in total. The summed E-state index contributed by atoms with van der Waals surface area (Å²) in [6.07, 6.45) is 5.42. The average Bonchev–Trinajstić information content (AvgIpc) is 3.26. The Balaban J connectivity index is 1.56. The van der Waals surface area contributed by atoms with Crippen LogP contribution in [-0.4, -0.2) is 37.0 Å². The molecular weight excluding hydrogens is 288 g/mol. The number of rotatable bonds is 5. The Kier molecular flexibility index (Phi) is 5.21. The van der Waals surface area contributed by atoms with Crippen LogP contribution in [0.1, 0.15) is 50.6 Å². The summed E-state index contributed by atoms with van der Waals surface area (Å²) in [4.78, 5) is 14.6. The molecule has 1 unspecified atom stereocenters. The first-order valence-corrected chi connectivity index (χ1v) is 8.86. The minimum atomic E-state index is 0.218. The number of amides is 1. The smallest absolute Gasteiger partial charge is 0.225 e. The highest BCUT2D eigenvalue weighted by atomic mass is 16.5. The molecule has 1 saturated carbocycles. The molecule has 0 spiro atoms. The van der Waals surface area contributed by atoms with Crippen LogP contribution in [0.2, 0.25) is 0 Å². The van der Waals surface area contributed by atoms with E-state index in [4.69, 9.17) is 4.74 Å². The van der Waals surface area contributed by atoms with Crippen LogP contribution in [0, 0.1) is 5.92 Å². The number of nitrogens with one attached hydrogen (secondary N) is 1. The van der Waals surface area contributed by atoms with Gasteiger partial charge in [0.25, 0.3) is 0 Å².